The molecule has 6 N–H and O–H groups in total. The summed E-state index contributed by atoms with van der Waals surface area (Å²) in [6, 6.07) is 0. The highest BCUT2D eigenvalue weighted by atomic mass is 31.2. The van der Waals surface area contributed by atoms with E-state index >= 15 is 0 Å². The van der Waals surface area contributed by atoms with Gasteiger partial charge in [0, 0.05) is 13.0 Å². The van der Waals surface area contributed by atoms with Crippen molar-refractivity contribution in [2.45, 2.75) is 301 Å². The Morgan fingerprint density at radius 2 is 0.824 bits per heavy atom. The maximum Gasteiger partial charge on any atom is 0.472 e. The third kappa shape index (κ3) is 36.7. The van der Waals surface area contributed by atoms with E-state index in [1.165, 1.54) is 180 Å². The van der Waals surface area contributed by atoms with Crippen molar-refractivity contribution in [1.82, 2.24) is 0 Å². The van der Waals surface area contributed by atoms with Crippen molar-refractivity contribution < 1.29 is 58.3 Å². The minimum Gasteiger partial charge on any atom is -0.457 e. The third-order valence-corrected chi connectivity index (χ3v) is 14.3. The minimum absolute atomic E-state index is 0.0733. The Morgan fingerprint density at radius 1 is 0.471 bits per heavy atom. The van der Waals surface area contributed by atoms with Crippen LogP contribution in [0.25, 0.3) is 0 Å². The third-order valence-electron chi connectivity index (χ3n) is 13.3. The number of rotatable bonds is 49. The van der Waals surface area contributed by atoms with Crippen molar-refractivity contribution in [3.8, 4) is 0 Å². The van der Waals surface area contributed by atoms with Crippen LogP contribution in [0, 0.1) is 0 Å². The number of carbonyl (C=O) groups excluding carboxylic acids is 1. The van der Waals surface area contributed by atoms with Crippen LogP contribution in [-0.2, 0) is 27.9 Å². The number of allylic oxidation sites excluding steroid dienone is 4. The number of phosphoric ester groups is 1. The summed E-state index contributed by atoms with van der Waals surface area (Å²) in [5, 5.41) is 50.4. The SMILES string of the molecule is CCCCC/C=C\C/C=C\CCCCCCCCCCCC(=O)OC(COCCCCCCCCCCCCCCCCCCCCCCCC)COP(=O)(O)OC1C(O)C(O)C(O)C(O)C1O. The quantitative estimate of drug-likeness (QED) is 0.0146. The second-order valence-corrected chi connectivity index (χ2v) is 21.2. The Labute approximate surface area is 415 Å². The number of esters is 1. The fraction of sp³-hybridized carbons (Fsp3) is 0.909. The molecule has 1 saturated carbocycles. The molecule has 6 unspecified atom stereocenters. The molecule has 0 saturated heterocycles. The number of hydrogen-bond donors (Lipinski definition) is 6. The lowest BCUT2D eigenvalue weighted by Gasteiger charge is -2.41. The van der Waals surface area contributed by atoms with Crippen molar-refractivity contribution in [3.05, 3.63) is 24.3 Å². The molecular formula is C55H105O12P. The molecule has 0 bridgehead atoms. The van der Waals surface area contributed by atoms with E-state index in [0.29, 0.717) is 13.0 Å². The van der Waals surface area contributed by atoms with E-state index in [-0.39, 0.29) is 13.0 Å². The van der Waals surface area contributed by atoms with Crippen LogP contribution in [0.15, 0.2) is 24.3 Å². The van der Waals surface area contributed by atoms with Gasteiger partial charge in [-0.25, -0.2) is 4.57 Å². The Hall–Kier alpha value is -1.18. The summed E-state index contributed by atoms with van der Waals surface area (Å²) >= 11 is 0. The van der Waals surface area contributed by atoms with E-state index in [1.807, 2.05) is 0 Å². The molecule has 1 fully saturated rings. The van der Waals surface area contributed by atoms with Crippen LogP contribution in [0.5, 0.6) is 0 Å². The van der Waals surface area contributed by atoms with E-state index in [1.54, 1.807) is 0 Å². The van der Waals surface area contributed by atoms with E-state index < -0.39 is 63.1 Å². The fourth-order valence-electron chi connectivity index (χ4n) is 8.86. The number of aliphatic hydroxyl groups is 5. The highest BCUT2D eigenvalue weighted by Crippen LogP contribution is 2.47. The van der Waals surface area contributed by atoms with Crippen molar-refractivity contribution in [3.63, 3.8) is 0 Å². The first-order chi connectivity index (χ1) is 33.0. The average Bonchev–Trinajstić information content (AvgIpc) is 3.32. The molecule has 0 aromatic carbocycles. The van der Waals surface area contributed by atoms with Crippen LogP contribution in [-0.4, -0.2) is 98.9 Å². The van der Waals surface area contributed by atoms with E-state index in [2.05, 4.69) is 38.2 Å². The van der Waals surface area contributed by atoms with Gasteiger partial charge in [-0.15, -0.1) is 0 Å². The smallest absolute Gasteiger partial charge is 0.457 e. The zero-order valence-corrected chi connectivity index (χ0v) is 44.3. The lowest BCUT2D eigenvalue weighted by molar-refractivity contribution is -0.220. The molecule has 0 amide bonds. The maximum absolute atomic E-state index is 12.9. The number of carbonyl (C=O) groups is 1. The molecule has 1 aliphatic rings. The summed E-state index contributed by atoms with van der Waals surface area (Å²) in [5.41, 5.74) is 0. The zero-order valence-electron chi connectivity index (χ0n) is 43.4. The van der Waals surface area contributed by atoms with Crippen LogP contribution in [0.1, 0.15) is 258 Å². The first kappa shape index (κ1) is 64.8. The minimum atomic E-state index is -5.02. The Kier molecular flexibility index (Phi) is 43.5. The number of aliphatic hydroxyl groups excluding tert-OH is 5. The summed E-state index contributed by atoms with van der Waals surface area (Å²) in [6.45, 7) is 4.29. The molecule has 0 aromatic rings. The van der Waals surface area contributed by atoms with Crippen LogP contribution in [0.2, 0.25) is 0 Å². The first-order valence-corrected chi connectivity index (χ1v) is 29.7. The van der Waals surface area contributed by atoms with Gasteiger partial charge in [0.05, 0.1) is 13.2 Å². The normalized spacial score (nSPS) is 21.2. The summed E-state index contributed by atoms with van der Waals surface area (Å²) in [5.74, 6) is -0.476. The van der Waals surface area contributed by atoms with Crippen molar-refractivity contribution in [2.75, 3.05) is 19.8 Å². The number of ether oxygens (including phenoxy) is 2. The van der Waals surface area contributed by atoms with Crippen molar-refractivity contribution >= 4 is 13.8 Å². The monoisotopic (exact) mass is 989 g/mol. The molecule has 68 heavy (non-hydrogen) atoms. The van der Waals surface area contributed by atoms with Gasteiger partial charge in [0.15, 0.2) is 0 Å². The number of phosphoric acid groups is 1. The van der Waals surface area contributed by atoms with Gasteiger partial charge in [-0.05, 0) is 44.9 Å². The molecule has 0 spiro atoms. The zero-order chi connectivity index (χ0) is 49.8. The van der Waals surface area contributed by atoms with Crippen LogP contribution >= 0.6 is 7.82 Å². The van der Waals surface area contributed by atoms with E-state index in [0.717, 1.165) is 51.4 Å². The average molecular weight is 989 g/mol. The highest BCUT2D eigenvalue weighted by Gasteiger charge is 2.51. The first-order valence-electron chi connectivity index (χ1n) is 28.2. The summed E-state index contributed by atoms with van der Waals surface area (Å²) in [7, 11) is -5.02. The summed E-state index contributed by atoms with van der Waals surface area (Å²) < 4.78 is 34.4. The van der Waals surface area contributed by atoms with E-state index in [4.69, 9.17) is 18.5 Å². The maximum atomic E-state index is 12.9. The van der Waals surface area contributed by atoms with Crippen LogP contribution in [0.3, 0.4) is 0 Å². The van der Waals surface area contributed by atoms with Crippen molar-refractivity contribution in [1.29, 1.82) is 0 Å². The molecule has 1 aliphatic carbocycles. The van der Waals surface area contributed by atoms with Gasteiger partial charge in [-0.1, -0.05) is 231 Å². The standard InChI is InChI=1S/C55H105O12P/c1-3-5-7-9-11-13-15-17-19-21-23-24-25-27-29-31-33-35-37-39-41-43-45-64-46-48(47-65-68(62,63)67-55-53(60)51(58)50(57)52(59)54(55)61)66-49(56)44-42-40-38-36-34-32-30-28-26-22-20-18-16-14-12-10-8-6-4-2/h12,14,18,20,48,50-55,57-61H,3-11,13,15-17,19,21-47H2,1-2H3,(H,62,63)/b14-12-,20-18-. The number of unbranched alkanes of at least 4 members (excludes halogenated alkanes) is 33. The van der Waals surface area contributed by atoms with Gasteiger partial charge in [-0.2, -0.15) is 0 Å². The molecular weight excluding hydrogens is 884 g/mol. The second-order valence-electron chi connectivity index (χ2n) is 19.8. The summed E-state index contributed by atoms with van der Waals surface area (Å²) in [6.07, 6.45) is 42.4. The Bertz CT molecular complexity index is 1220. The highest BCUT2D eigenvalue weighted by molar-refractivity contribution is 7.47. The summed E-state index contributed by atoms with van der Waals surface area (Å²) in [4.78, 5) is 23.3. The van der Waals surface area contributed by atoms with Crippen molar-refractivity contribution in [2.24, 2.45) is 0 Å². The predicted molar refractivity (Wildman–Crippen MR) is 276 cm³/mol. The van der Waals surface area contributed by atoms with Gasteiger partial charge in [0.2, 0.25) is 0 Å². The van der Waals surface area contributed by atoms with Gasteiger partial charge < -0.3 is 39.9 Å². The van der Waals surface area contributed by atoms with E-state index in [9.17, 15) is 39.8 Å². The van der Waals surface area contributed by atoms with Gasteiger partial charge in [-0.3, -0.25) is 13.8 Å². The molecule has 0 aliphatic heterocycles. The number of hydrogen-bond acceptors (Lipinski definition) is 11. The van der Waals surface area contributed by atoms with Gasteiger partial charge >= 0.3 is 13.8 Å². The second kappa shape index (κ2) is 45.7. The molecule has 1 rings (SSSR count). The lowest BCUT2D eigenvalue weighted by Crippen LogP contribution is -2.64. The molecule has 0 heterocycles. The fourth-order valence-corrected chi connectivity index (χ4v) is 9.83. The van der Waals surface area contributed by atoms with Crippen LogP contribution in [0.4, 0.5) is 0 Å². The molecule has 0 aromatic heterocycles. The largest absolute Gasteiger partial charge is 0.472 e. The predicted octanol–water partition coefficient (Wildman–Crippen LogP) is 13.2. The Morgan fingerprint density at radius 3 is 1.26 bits per heavy atom. The molecule has 6 atom stereocenters. The van der Waals surface area contributed by atoms with Gasteiger partial charge in [0.25, 0.3) is 0 Å². The molecule has 13 heteroatoms. The molecule has 0 radical (unpaired) electrons. The lowest BCUT2D eigenvalue weighted by atomic mass is 9.85. The molecule has 12 nitrogen and oxygen atoms in total. The topological polar surface area (TPSA) is 192 Å². The molecule has 402 valence electrons. The Balaban J connectivity index is 2.28. The van der Waals surface area contributed by atoms with Gasteiger partial charge in [0.1, 0.15) is 42.7 Å². The van der Waals surface area contributed by atoms with Crippen LogP contribution < -0.4 is 0 Å².